The molecular formula is C13H13F2N. The predicted molar refractivity (Wildman–Crippen MR) is 61.5 cm³/mol. The number of fused-ring (bicyclic) bond motifs is 1. The lowest BCUT2D eigenvalue weighted by atomic mass is 9.96. The maximum atomic E-state index is 13.9. The van der Waals surface area contributed by atoms with Crippen LogP contribution in [0.2, 0.25) is 0 Å². The zero-order chi connectivity index (χ0) is 11.8. The van der Waals surface area contributed by atoms with Crippen molar-refractivity contribution in [3.63, 3.8) is 0 Å². The quantitative estimate of drug-likeness (QED) is 0.827. The van der Waals surface area contributed by atoms with Gasteiger partial charge in [0, 0.05) is 5.56 Å². The fraction of sp³-hybridized carbons (Fsp3) is 0.231. The Labute approximate surface area is 92.9 Å². The predicted octanol–water partition coefficient (Wildman–Crippen LogP) is 3.28. The van der Waals surface area contributed by atoms with Crippen molar-refractivity contribution in [1.29, 1.82) is 0 Å². The van der Waals surface area contributed by atoms with E-state index in [-0.39, 0.29) is 5.56 Å². The summed E-state index contributed by atoms with van der Waals surface area (Å²) >= 11 is 0. The summed E-state index contributed by atoms with van der Waals surface area (Å²) in [5.74, 6) is -3.00. The molecule has 0 aliphatic carbocycles. The number of alkyl halides is 2. The van der Waals surface area contributed by atoms with Crippen LogP contribution >= 0.6 is 0 Å². The van der Waals surface area contributed by atoms with Gasteiger partial charge in [0.05, 0.1) is 6.04 Å². The van der Waals surface area contributed by atoms with Crippen molar-refractivity contribution in [2.24, 2.45) is 5.73 Å². The number of hydrogen-bond acceptors (Lipinski definition) is 1. The van der Waals surface area contributed by atoms with Gasteiger partial charge in [0.2, 0.25) is 0 Å². The molecule has 16 heavy (non-hydrogen) atoms. The Morgan fingerprint density at radius 1 is 1.06 bits per heavy atom. The van der Waals surface area contributed by atoms with Crippen LogP contribution in [0.5, 0.6) is 0 Å². The summed E-state index contributed by atoms with van der Waals surface area (Å²) in [6.45, 7) is 1.32. The summed E-state index contributed by atoms with van der Waals surface area (Å²) in [5.41, 5.74) is 5.34. The van der Waals surface area contributed by atoms with Crippen molar-refractivity contribution >= 4 is 10.8 Å². The molecule has 1 unspecified atom stereocenters. The van der Waals surface area contributed by atoms with Crippen molar-refractivity contribution in [2.75, 3.05) is 0 Å². The first-order valence-corrected chi connectivity index (χ1v) is 5.15. The number of nitrogens with two attached hydrogens (primary N) is 1. The van der Waals surface area contributed by atoms with Crippen LogP contribution in [0.4, 0.5) is 8.78 Å². The summed E-state index contributed by atoms with van der Waals surface area (Å²) in [6.07, 6.45) is 0. The number of halogens is 2. The first kappa shape index (κ1) is 11.0. The smallest absolute Gasteiger partial charge is 0.288 e. The Morgan fingerprint density at radius 3 is 2.38 bits per heavy atom. The van der Waals surface area contributed by atoms with E-state index in [1.807, 2.05) is 18.2 Å². The molecular weight excluding hydrogens is 208 g/mol. The van der Waals surface area contributed by atoms with E-state index in [9.17, 15) is 8.78 Å². The molecule has 1 nitrogen and oxygen atoms in total. The van der Waals surface area contributed by atoms with Crippen molar-refractivity contribution in [3.8, 4) is 0 Å². The Morgan fingerprint density at radius 2 is 1.69 bits per heavy atom. The molecule has 0 heterocycles. The van der Waals surface area contributed by atoms with Crippen molar-refractivity contribution in [1.82, 2.24) is 0 Å². The minimum absolute atomic E-state index is 0.000556. The summed E-state index contributed by atoms with van der Waals surface area (Å²) in [5, 5.41) is 1.37. The van der Waals surface area contributed by atoms with E-state index in [2.05, 4.69) is 0 Å². The van der Waals surface area contributed by atoms with Gasteiger partial charge >= 0.3 is 0 Å². The third-order valence-electron chi connectivity index (χ3n) is 2.72. The van der Waals surface area contributed by atoms with Crippen LogP contribution in [0.1, 0.15) is 12.5 Å². The molecule has 0 aromatic heterocycles. The molecule has 0 amide bonds. The lowest BCUT2D eigenvalue weighted by molar-refractivity contribution is -0.0241. The highest BCUT2D eigenvalue weighted by Gasteiger charge is 2.37. The minimum Gasteiger partial charge on any atom is -0.323 e. The molecule has 2 rings (SSSR count). The molecule has 2 aromatic carbocycles. The van der Waals surface area contributed by atoms with E-state index in [0.29, 0.717) is 5.39 Å². The first-order valence-electron chi connectivity index (χ1n) is 5.15. The van der Waals surface area contributed by atoms with Crippen LogP contribution in [-0.4, -0.2) is 6.04 Å². The fourth-order valence-electron chi connectivity index (χ4n) is 1.76. The van der Waals surface area contributed by atoms with Gasteiger partial charge in [-0.1, -0.05) is 42.5 Å². The summed E-state index contributed by atoms with van der Waals surface area (Å²) in [4.78, 5) is 0. The molecule has 2 aromatic rings. The third kappa shape index (κ3) is 1.67. The van der Waals surface area contributed by atoms with Crippen LogP contribution < -0.4 is 5.73 Å². The van der Waals surface area contributed by atoms with Crippen LogP contribution in [0.3, 0.4) is 0 Å². The molecule has 0 bridgehead atoms. The highest BCUT2D eigenvalue weighted by molar-refractivity contribution is 5.86. The number of benzene rings is 2. The highest BCUT2D eigenvalue weighted by atomic mass is 19.3. The first-order chi connectivity index (χ1) is 7.53. The lowest BCUT2D eigenvalue weighted by Gasteiger charge is -2.22. The van der Waals surface area contributed by atoms with Gasteiger partial charge < -0.3 is 5.73 Å². The van der Waals surface area contributed by atoms with Gasteiger partial charge in [-0.3, -0.25) is 0 Å². The van der Waals surface area contributed by atoms with Crippen LogP contribution in [0.25, 0.3) is 10.8 Å². The molecule has 0 aliphatic rings. The SMILES string of the molecule is CC(N)C(F)(F)c1cccc2ccccc12. The number of hydrogen-bond donors (Lipinski definition) is 1. The summed E-state index contributed by atoms with van der Waals surface area (Å²) < 4.78 is 27.8. The molecule has 2 N–H and O–H groups in total. The van der Waals surface area contributed by atoms with Gasteiger partial charge in [-0.2, -0.15) is 8.78 Å². The Bertz CT molecular complexity index is 501. The van der Waals surface area contributed by atoms with Gasteiger partial charge in [-0.25, -0.2) is 0 Å². The molecule has 1 atom stereocenters. The largest absolute Gasteiger partial charge is 0.323 e. The molecule has 0 saturated carbocycles. The van der Waals surface area contributed by atoms with E-state index in [1.54, 1.807) is 18.2 Å². The van der Waals surface area contributed by atoms with Crippen LogP contribution in [-0.2, 0) is 5.92 Å². The third-order valence-corrected chi connectivity index (χ3v) is 2.72. The molecule has 0 radical (unpaired) electrons. The molecule has 0 fully saturated rings. The second kappa shape index (κ2) is 3.83. The van der Waals surface area contributed by atoms with Gasteiger partial charge in [-0.15, -0.1) is 0 Å². The normalized spacial score (nSPS) is 14.0. The van der Waals surface area contributed by atoms with Gasteiger partial charge in [-0.05, 0) is 17.7 Å². The van der Waals surface area contributed by atoms with Crippen molar-refractivity contribution < 1.29 is 8.78 Å². The topological polar surface area (TPSA) is 26.0 Å². The van der Waals surface area contributed by atoms with Crippen molar-refractivity contribution in [2.45, 2.75) is 18.9 Å². The van der Waals surface area contributed by atoms with Crippen molar-refractivity contribution in [3.05, 3.63) is 48.0 Å². The van der Waals surface area contributed by atoms with E-state index < -0.39 is 12.0 Å². The van der Waals surface area contributed by atoms with Gasteiger partial charge in [0.15, 0.2) is 0 Å². The van der Waals surface area contributed by atoms with Crippen LogP contribution in [0.15, 0.2) is 42.5 Å². The fourth-order valence-corrected chi connectivity index (χ4v) is 1.76. The molecule has 0 saturated heterocycles. The standard InChI is InChI=1S/C13H13F2N/c1-9(16)13(14,15)12-8-4-6-10-5-2-3-7-11(10)12/h2-9H,16H2,1H3. The summed E-state index contributed by atoms with van der Waals surface area (Å²) in [7, 11) is 0. The second-order valence-electron chi connectivity index (χ2n) is 3.94. The molecule has 0 aliphatic heterocycles. The average molecular weight is 221 g/mol. The average Bonchev–Trinajstić information content (AvgIpc) is 2.28. The monoisotopic (exact) mass is 221 g/mol. The van der Waals surface area contributed by atoms with Gasteiger partial charge in [0.25, 0.3) is 5.92 Å². The molecule has 0 spiro atoms. The van der Waals surface area contributed by atoms with E-state index in [4.69, 9.17) is 5.73 Å². The molecule has 3 heteroatoms. The van der Waals surface area contributed by atoms with Gasteiger partial charge in [0.1, 0.15) is 0 Å². The zero-order valence-corrected chi connectivity index (χ0v) is 8.95. The Hall–Kier alpha value is -1.48. The minimum atomic E-state index is -3.00. The maximum absolute atomic E-state index is 13.9. The van der Waals surface area contributed by atoms with E-state index in [1.165, 1.54) is 13.0 Å². The Balaban J connectivity index is 2.70. The van der Waals surface area contributed by atoms with Crippen LogP contribution in [0, 0.1) is 0 Å². The second-order valence-corrected chi connectivity index (χ2v) is 3.94. The summed E-state index contributed by atoms with van der Waals surface area (Å²) in [6, 6.07) is 10.8. The number of rotatable bonds is 2. The highest BCUT2D eigenvalue weighted by Crippen LogP contribution is 2.35. The van der Waals surface area contributed by atoms with E-state index in [0.717, 1.165) is 5.39 Å². The lowest BCUT2D eigenvalue weighted by Crippen LogP contribution is -2.35. The molecule has 84 valence electrons. The van der Waals surface area contributed by atoms with E-state index >= 15 is 0 Å². The maximum Gasteiger partial charge on any atom is 0.288 e. The Kier molecular flexibility index (Phi) is 2.64. The zero-order valence-electron chi connectivity index (χ0n) is 8.95.